The van der Waals surface area contributed by atoms with Crippen LogP contribution in [0.15, 0.2) is 84.6 Å². The Morgan fingerprint density at radius 3 is 2.33 bits per heavy atom. The summed E-state index contributed by atoms with van der Waals surface area (Å²) in [5.41, 5.74) is 2.92. The number of urea groups is 1. The quantitative estimate of drug-likeness (QED) is 0.172. The van der Waals surface area contributed by atoms with Crippen molar-refractivity contribution in [2.24, 2.45) is 0 Å². The zero-order valence-electron chi connectivity index (χ0n) is 22.6. The molecule has 1 aromatic heterocycles. The van der Waals surface area contributed by atoms with Gasteiger partial charge in [0.25, 0.3) is 11.8 Å². The second-order valence-electron chi connectivity index (χ2n) is 10.7. The Kier molecular flexibility index (Phi) is 7.26. The van der Waals surface area contributed by atoms with Crippen molar-refractivity contribution in [3.8, 4) is 5.75 Å². The Morgan fingerprint density at radius 2 is 1.62 bits per heavy atom. The average Bonchev–Trinajstić information content (AvgIpc) is 3.27. The van der Waals surface area contributed by atoms with Crippen LogP contribution in [0.1, 0.15) is 38.3 Å². The second-order valence-corrected chi connectivity index (χ2v) is 10.7. The molecule has 0 bridgehead atoms. The van der Waals surface area contributed by atoms with Crippen molar-refractivity contribution in [3.05, 3.63) is 102 Å². The minimum atomic E-state index is -0.880. The molecule has 4 amide bonds. The lowest BCUT2D eigenvalue weighted by atomic mass is 9.87. The zero-order valence-corrected chi connectivity index (χ0v) is 22.6. The van der Waals surface area contributed by atoms with Gasteiger partial charge < -0.3 is 9.30 Å². The van der Waals surface area contributed by atoms with Gasteiger partial charge in [-0.1, -0.05) is 51.1 Å². The molecular formula is C32H30FN3O4. The number of para-hydroxylation sites is 1. The van der Waals surface area contributed by atoms with Crippen LogP contribution in [0.4, 0.5) is 14.9 Å². The van der Waals surface area contributed by atoms with Gasteiger partial charge in [-0.15, -0.1) is 0 Å². The van der Waals surface area contributed by atoms with Gasteiger partial charge >= 0.3 is 6.03 Å². The number of hydrogen-bond donors (Lipinski definition) is 1. The SMILES string of the molecule is CC(C)(C)c1ccc(OCCCn2cc(/C=C3/C(=O)NC(=O)N(c4ccc(F)cc4)C3=O)c3ccccc32)cc1. The highest BCUT2D eigenvalue weighted by molar-refractivity contribution is 6.39. The second kappa shape index (κ2) is 10.8. The molecule has 1 N–H and O–H groups in total. The molecule has 1 aliphatic heterocycles. The largest absolute Gasteiger partial charge is 0.494 e. The molecule has 1 saturated heterocycles. The summed E-state index contributed by atoms with van der Waals surface area (Å²) in [7, 11) is 0. The molecule has 0 spiro atoms. The van der Waals surface area contributed by atoms with Gasteiger partial charge in [-0.25, -0.2) is 14.1 Å². The molecule has 0 atom stereocenters. The van der Waals surface area contributed by atoms with E-state index in [0.29, 0.717) is 18.7 Å². The van der Waals surface area contributed by atoms with E-state index in [2.05, 4.69) is 42.8 Å². The maximum atomic E-state index is 13.4. The maximum Gasteiger partial charge on any atom is 0.335 e. The van der Waals surface area contributed by atoms with Crippen molar-refractivity contribution in [1.82, 2.24) is 9.88 Å². The van der Waals surface area contributed by atoms with Crippen molar-refractivity contribution >= 4 is 40.5 Å². The maximum absolute atomic E-state index is 13.4. The number of nitrogens with one attached hydrogen (secondary N) is 1. The van der Waals surface area contributed by atoms with Gasteiger partial charge in [0.15, 0.2) is 0 Å². The lowest BCUT2D eigenvalue weighted by Crippen LogP contribution is -2.54. The first-order valence-corrected chi connectivity index (χ1v) is 13.1. The summed E-state index contributed by atoms with van der Waals surface area (Å²) in [5.74, 6) is -1.24. The van der Waals surface area contributed by atoms with Gasteiger partial charge in [-0.3, -0.25) is 14.9 Å². The zero-order chi connectivity index (χ0) is 28.4. The Hall–Kier alpha value is -4.72. The van der Waals surface area contributed by atoms with Crippen LogP contribution in [-0.2, 0) is 21.5 Å². The number of carbonyl (C=O) groups is 3. The molecule has 1 aliphatic rings. The first-order valence-electron chi connectivity index (χ1n) is 13.1. The monoisotopic (exact) mass is 539 g/mol. The number of ether oxygens (including phenoxy) is 1. The van der Waals surface area contributed by atoms with Crippen LogP contribution < -0.4 is 15.0 Å². The highest BCUT2D eigenvalue weighted by Crippen LogP contribution is 2.28. The van der Waals surface area contributed by atoms with E-state index < -0.39 is 23.7 Å². The summed E-state index contributed by atoms with van der Waals surface area (Å²) >= 11 is 0. The summed E-state index contributed by atoms with van der Waals surface area (Å²) in [5, 5.41) is 3.07. The third kappa shape index (κ3) is 5.52. The number of aromatic nitrogens is 1. The van der Waals surface area contributed by atoms with Crippen molar-refractivity contribution in [2.45, 2.75) is 39.2 Å². The smallest absolute Gasteiger partial charge is 0.335 e. The summed E-state index contributed by atoms with van der Waals surface area (Å²) in [4.78, 5) is 39.2. The highest BCUT2D eigenvalue weighted by Gasteiger charge is 2.37. The fourth-order valence-corrected chi connectivity index (χ4v) is 4.69. The number of imide groups is 2. The summed E-state index contributed by atoms with van der Waals surface area (Å²) < 4.78 is 21.4. The van der Waals surface area contributed by atoms with Crippen LogP contribution in [0.2, 0.25) is 0 Å². The number of rotatable bonds is 7. The van der Waals surface area contributed by atoms with Gasteiger partial charge in [0.2, 0.25) is 0 Å². The number of anilines is 1. The fourth-order valence-electron chi connectivity index (χ4n) is 4.69. The molecule has 0 aliphatic carbocycles. The molecule has 0 saturated carbocycles. The first-order chi connectivity index (χ1) is 19.1. The van der Waals surface area contributed by atoms with Crippen LogP contribution in [-0.4, -0.2) is 29.0 Å². The lowest BCUT2D eigenvalue weighted by Gasteiger charge is -2.26. The van der Waals surface area contributed by atoms with E-state index in [-0.39, 0.29) is 16.7 Å². The van der Waals surface area contributed by atoms with E-state index in [1.54, 1.807) is 0 Å². The highest BCUT2D eigenvalue weighted by atomic mass is 19.1. The molecule has 5 rings (SSSR count). The van der Waals surface area contributed by atoms with E-state index in [9.17, 15) is 18.8 Å². The molecule has 3 aromatic carbocycles. The predicted octanol–water partition coefficient (Wildman–Crippen LogP) is 6.21. The van der Waals surface area contributed by atoms with Crippen molar-refractivity contribution in [3.63, 3.8) is 0 Å². The van der Waals surface area contributed by atoms with Crippen molar-refractivity contribution < 1.29 is 23.5 Å². The van der Waals surface area contributed by atoms with E-state index in [1.807, 2.05) is 42.6 Å². The van der Waals surface area contributed by atoms with Crippen molar-refractivity contribution in [1.29, 1.82) is 0 Å². The molecule has 8 heteroatoms. The summed E-state index contributed by atoms with van der Waals surface area (Å²) in [6.45, 7) is 7.70. The fraction of sp³-hybridized carbons (Fsp3) is 0.219. The Balaban J connectivity index is 1.34. The lowest BCUT2D eigenvalue weighted by molar-refractivity contribution is -0.122. The van der Waals surface area contributed by atoms with Crippen LogP contribution in [0.3, 0.4) is 0 Å². The van der Waals surface area contributed by atoms with Crippen LogP contribution in [0, 0.1) is 5.82 Å². The standard InChI is InChI=1S/C32H30FN3O4/c1-32(2,3)22-9-15-25(16-10-22)40-18-6-17-35-20-21(26-7-4-5-8-28(26)35)19-27-29(37)34-31(39)36(30(27)38)24-13-11-23(33)12-14-24/h4-5,7-16,19-20H,6,17-18H2,1-3H3,(H,34,37,39)/b27-19-. The summed E-state index contributed by atoms with van der Waals surface area (Å²) in [6, 6.07) is 19.9. The topological polar surface area (TPSA) is 80.6 Å². The van der Waals surface area contributed by atoms with Gasteiger partial charge in [0.1, 0.15) is 17.1 Å². The third-order valence-electron chi connectivity index (χ3n) is 6.84. The molecule has 4 aromatic rings. The van der Waals surface area contributed by atoms with Crippen LogP contribution >= 0.6 is 0 Å². The minimum absolute atomic E-state index is 0.0821. The number of fused-ring (bicyclic) bond motifs is 1. The number of carbonyl (C=O) groups excluding carboxylic acids is 3. The number of barbiturate groups is 1. The first kappa shape index (κ1) is 26.9. The summed E-state index contributed by atoms with van der Waals surface area (Å²) in [6.07, 6.45) is 4.11. The number of hydrogen-bond acceptors (Lipinski definition) is 4. The number of amides is 4. The van der Waals surface area contributed by atoms with Gasteiger partial charge in [0.05, 0.1) is 12.3 Å². The molecule has 7 nitrogen and oxygen atoms in total. The van der Waals surface area contributed by atoms with Gasteiger partial charge in [0, 0.05) is 29.2 Å². The van der Waals surface area contributed by atoms with Crippen molar-refractivity contribution in [2.75, 3.05) is 11.5 Å². The number of aryl methyl sites for hydroxylation is 1. The van der Waals surface area contributed by atoms with Gasteiger partial charge in [-0.05, 0) is 65.9 Å². The average molecular weight is 540 g/mol. The number of nitrogens with zero attached hydrogens (tertiary/aromatic N) is 2. The predicted molar refractivity (Wildman–Crippen MR) is 153 cm³/mol. The van der Waals surface area contributed by atoms with Crippen LogP contribution in [0.25, 0.3) is 17.0 Å². The third-order valence-corrected chi connectivity index (χ3v) is 6.84. The Labute approximate surface area is 231 Å². The van der Waals surface area contributed by atoms with E-state index >= 15 is 0 Å². The Bertz CT molecular complexity index is 1610. The molecule has 40 heavy (non-hydrogen) atoms. The van der Waals surface area contributed by atoms with Crippen LogP contribution in [0.5, 0.6) is 5.75 Å². The Morgan fingerprint density at radius 1 is 0.925 bits per heavy atom. The molecule has 0 unspecified atom stereocenters. The van der Waals surface area contributed by atoms with Gasteiger partial charge in [-0.2, -0.15) is 0 Å². The molecule has 0 radical (unpaired) electrons. The normalized spacial score (nSPS) is 15.2. The van der Waals surface area contributed by atoms with E-state index in [1.165, 1.54) is 23.8 Å². The molecular weight excluding hydrogens is 509 g/mol. The number of halogens is 1. The van der Waals surface area contributed by atoms with E-state index in [4.69, 9.17) is 4.74 Å². The molecule has 1 fully saturated rings. The number of benzene rings is 3. The molecule has 2 heterocycles. The molecule has 204 valence electrons. The minimum Gasteiger partial charge on any atom is -0.494 e. The van der Waals surface area contributed by atoms with E-state index in [0.717, 1.165) is 40.1 Å².